The number of hydrogen-bond acceptors (Lipinski definition) is 4. The van der Waals surface area contributed by atoms with Crippen molar-refractivity contribution in [1.82, 2.24) is 9.97 Å². The van der Waals surface area contributed by atoms with Crippen molar-refractivity contribution in [2.45, 2.75) is 37.4 Å². The van der Waals surface area contributed by atoms with Gasteiger partial charge in [-0.25, -0.2) is 9.97 Å². The summed E-state index contributed by atoms with van der Waals surface area (Å²) in [6.45, 7) is 3.11. The number of nitrogens with zero attached hydrogens (tertiary/aromatic N) is 2. The molecule has 0 amide bonds. The fourth-order valence-corrected chi connectivity index (χ4v) is 2.81. The summed E-state index contributed by atoms with van der Waals surface area (Å²) in [5, 5.41) is 4.02. The summed E-state index contributed by atoms with van der Waals surface area (Å²) in [6, 6.07) is 0. The molecule has 2 rings (SSSR count). The zero-order chi connectivity index (χ0) is 12.3. The Morgan fingerprint density at radius 1 is 1.47 bits per heavy atom. The minimum absolute atomic E-state index is 0.431. The van der Waals surface area contributed by atoms with Crippen LogP contribution in [0, 0.1) is 0 Å². The second-order valence-electron chi connectivity index (χ2n) is 4.48. The van der Waals surface area contributed by atoms with Crippen LogP contribution in [-0.4, -0.2) is 27.5 Å². The molecule has 1 N–H and O–H groups in total. The van der Waals surface area contributed by atoms with Crippen molar-refractivity contribution in [3.63, 3.8) is 0 Å². The third-order valence-corrected chi connectivity index (χ3v) is 4.96. The van der Waals surface area contributed by atoms with Gasteiger partial charge in [0.15, 0.2) is 0 Å². The van der Waals surface area contributed by atoms with Crippen LogP contribution in [0.2, 0.25) is 5.15 Å². The van der Waals surface area contributed by atoms with E-state index >= 15 is 0 Å². The number of aromatic nitrogens is 2. The lowest BCUT2D eigenvalue weighted by molar-refractivity contribution is 0.883. The van der Waals surface area contributed by atoms with E-state index in [4.69, 9.17) is 11.6 Å². The van der Waals surface area contributed by atoms with E-state index in [1.54, 1.807) is 0 Å². The highest BCUT2D eigenvalue weighted by Gasteiger charge is 2.41. The van der Waals surface area contributed by atoms with Crippen LogP contribution in [-0.2, 0) is 6.42 Å². The average molecular weight is 272 g/mol. The summed E-state index contributed by atoms with van der Waals surface area (Å²) in [5.41, 5.74) is 1.05. The van der Waals surface area contributed by atoms with Crippen molar-refractivity contribution in [2.24, 2.45) is 0 Å². The molecule has 0 aliphatic heterocycles. The molecule has 1 heterocycles. The first-order valence-electron chi connectivity index (χ1n) is 5.99. The van der Waals surface area contributed by atoms with Gasteiger partial charge < -0.3 is 5.32 Å². The molecule has 0 spiro atoms. The number of nitrogens with one attached hydrogen (secondary N) is 1. The summed E-state index contributed by atoms with van der Waals surface area (Å²) in [7, 11) is 0. The molecule has 1 aliphatic rings. The first-order valence-corrected chi connectivity index (χ1v) is 7.59. The van der Waals surface area contributed by atoms with Crippen LogP contribution in [0.25, 0.3) is 0 Å². The monoisotopic (exact) mass is 271 g/mol. The van der Waals surface area contributed by atoms with Gasteiger partial charge in [-0.05, 0) is 25.5 Å². The first kappa shape index (κ1) is 13.0. The Bertz CT molecular complexity index is 393. The van der Waals surface area contributed by atoms with E-state index < -0.39 is 0 Å². The summed E-state index contributed by atoms with van der Waals surface area (Å²) < 4.78 is 0.431. The normalized spacial score (nSPS) is 16.9. The van der Waals surface area contributed by atoms with E-state index in [9.17, 15) is 0 Å². The van der Waals surface area contributed by atoms with Gasteiger partial charge in [-0.3, -0.25) is 0 Å². The average Bonchev–Trinajstić information content (AvgIpc) is 3.11. The van der Waals surface area contributed by atoms with Crippen LogP contribution in [0.15, 0.2) is 6.33 Å². The second kappa shape index (κ2) is 5.44. The van der Waals surface area contributed by atoms with Crippen molar-refractivity contribution in [3.8, 4) is 0 Å². The van der Waals surface area contributed by atoms with E-state index in [1.807, 2.05) is 11.8 Å². The van der Waals surface area contributed by atoms with E-state index in [2.05, 4.69) is 28.5 Å². The van der Waals surface area contributed by atoms with Gasteiger partial charge in [0.2, 0.25) is 0 Å². The van der Waals surface area contributed by atoms with Gasteiger partial charge in [-0.2, -0.15) is 11.8 Å². The number of anilines is 1. The van der Waals surface area contributed by atoms with Crippen LogP contribution >= 0.6 is 23.4 Å². The van der Waals surface area contributed by atoms with Gasteiger partial charge in [0.05, 0.1) is 0 Å². The van der Waals surface area contributed by atoms with E-state index in [-0.39, 0.29) is 0 Å². The Labute approximate surface area is 112 Å². The third kappa shape index (κ3) is 3.05. The summed E-state index contributed by atoms with van der Waals surface area (Å²) in [5.74, 6) is 0.909. The predicted octanol–water partition coefficient (Wildman–Crippen LogP) is 3.39. The molecule has 1 aliphatic carbocycles. The minimum Gasteiger partial charge on any atom is -0.368 e. The topological polar surface area (TPSA) is 37.8 Å². The number of rotatable bonds is 6. The molecule has 0 aromatic carbocycles. The number of hydrogen-bond donors (Lipinski definition) is 1. The summed E-state index contributed by atoms with van der Waals surface area (Å²) in [4.78, 5) is 8.36. The lowest BCUT2D eigenvalue weighted by Crippen LogP contribution is -2.19. The molecule has 1 fully saturated rings. The molecule has 94 valence electrons. The maximum absolute atomic E-state index is 6.11. The molecule has 1 aromatic heterocycles. The SMILES string of the molecule is CCCc1c(Cl)ncnc1NCC1(SC)CC1. The van der Waals surface area contributed by atoms with Crippen LogP contribution in [0.4, 0.5) is 5.82 Å². The molecular formula is C12H18ClN3S. The quantitative estimate of drug-likeness (QED) is 0.805. The standard InChI is InChI=1S/C12H18ClN3S/c1-3-4-9-10(13)15-8-16-11(9)14-7-12(17-2)5-6-12/h8H,3-7H2,1-2H3,(H,14,15,16). The summed E-state index contributed by atoms with van der Waals surface area (Å²) >= 11 is 8.05. The fraction of sp³-hybridized carbons (Fsp3) is 0.667. The van der Waals surface area contributed by atoms with Crippen LogP contribution in [0.3, 0.4) is 0 Å². The predicted molar refractivity (Wildman–Crippen MR) is 75.0 cm³/mol. The molecule has 0 radical (unpaired) electrons. The van der Waals surface area contributed by atoms with E-state index in [0.717, 1.165) is 30.8 Å². The highest BCUT2D eigenvalue weighted by Crippen LogP contribution is 2.47. The Morgan fingerprint density at radius 3 is 2.82 bits per heavy atom. The minimum atomic E-state index is 0.431. The zero-order valence-electron chi connectivity index (χ0n) is 10.3. The maximum Gasteiger partial charge on any atom is 0.137 e. The van der Waals surface area contributed by atoms with Crippen molar-refractivity contribution in [2.75, 3.05) is 18.1 Å². The van der Waals surface area contributed by atoms with Crippen LogP contribution < -0.4 is 5.32 Å². The molecule has 5 heteroatoms. The Hall–Kier alpha value is -0.480. The molecule has 1 saturated carbocycles. The third-order valence-electron chi connectivity index (χ3n) is 3.21. The van der Waals surface area contributed by atoms with Crippen LogP contribution in [0.5, 0.6) is 0 Å². The summed E-state index contributed by atoms with van der Waals surface area (Å²) in [6.07, 6.45) is 8.27. The van der Waals surface area contributed by atoms with Crippen molar-refractivity contribution in [3.05, 3.63) is 17.0 Å². The number of thioether (sulfide) groups is 1. The Balaban J connectivity index is 2.06. The van der Waals surface area contributed by atoms with Gasteiger partial charge >= 0.3 is 0 Å². The fourth-order valence-electron chi connectivity index (χ4n) is 1.85. The van der Waals surface area contributed by atoms with E-state index in [0.29, 0.717) is 9.90 Å². The molecule has 0 saturated heterocycles. The molecule has 0 bridgehead atoms. The van der Waals surface area contributed by atoms with Crippen molar-refractivity contribution < 1.29 is 0 Å². The Morgan fingerprint density at radius 2 is 2.24 bits per heavy atom. The Kier molecular flexibility index (Phi) is 4.15. The lowest BCUT2D eigenvalue weighted by Gasteiger charge is -2.16. The van der Waals surface area contributed by atoms with Gasteiger partial charge in [-0.1, -0.05) is 24.9 Å². The van der Waals surface area contributed by atoms with Gasteiger partial charge in [-0.15, -0.1) is 0 Å². The highest BCUT2D eigenvalue weighted by molar-refractivity contribution is 8.00. The first-order chi connectivity index (χ1) is 8.21. The maximum atomic E-state index is 6.11. The van der Waals surface area contributed by atoms with E-state index in [1.165, 1.54) is 19.2 Å². The number of halogens is 1. The molecule has 0 unspecified atom stereocenters. The molecule has 0 atom stereocenters. The smallest absolute Gasteiger partial charge is 0.137 e. The molecule has 17 heavy (non-hydrogen) atoms. The molecule has 3 nitrogen and oxygen atoms in total. The van der Waals surface area contributed by atoms with Crippen LogP contribution in [0.1, 0.15) is 31.7 Å². The van der Waals surface area contributed by atoms with Gasteiger partial charge in [0.25, 0.3) is 0 Å². The molecule has 1 aromatic rings. The van der Waals surface area contributed by atoms with Crippen molar-refractivity contribution in [1.29, 1.82) is 0 Å². The largest absolute Gasteiger partial charge is 0.368 e. The highest BCUT2D eigenvalue weighted by atomic mass is 35.5. The van der Waals surface area contributed by atoms with Gasteiger partial charge in [0.1, 0.15) is 17.3 Å². The van der Waals surface area contributed by atoms with Gasteiger partial charge in [0, 0.05) is 16.9 Å². The van der Waals surface area contributed by atoms with Crippen molar-refractivity contribution >= 4 is 29.2 Å². The zero-order valence-corrected chi connectivity index (χ0v) is 11.9. The second-order valence-corrected chi connectivity index (χ2v) is 6.11. The molecular weight excluding hydrogens is 254 g/mol. The lowest BCUT2D eigenvalue weighted by atomic mass is 10.2.